The van der Waals surface area contributed by atoms with E-state index in [1.807, 2.05) is 19.9 Å². The van der Waals surface area contributed by atoms with Gasteiger partial charge in [0.25, 0.3) is 11.8 Å². The van der Waals surface area contributed by atoms with E-state index in [4.69, 9.17) is 4.42 Å². The van der Waals surface area contributed by atoms with Crippen LogP contribution in [0.3, 0.4) is 0 Å². The Kier molecular flexibility index (Phi) is 5.39. The number of nitrogens with zero attached hydrogens (tertiary/aromatic N) is 6. The first kappa shape index (κ1) is 20.1. The number of aryl methyl sites for hydroxylation is 2. The number of furan rings is 1. The summed E-state index contributed by atoms with van der Waals surface area (Å²) >= 11 is 0. The molecule has 0 atom stereocenters. The van der Waals surface area contributed by atoms with Crippen molar-refractivity contribution in [3.63, 3.8) is 0 Å². The zero-order valence-corrected chi connectivity index (χ0v) is 17.4. The molecule has 0 unspecified atom stereocenters. The van der Waals surface area contributed by atoms with Gasteiger partial charge in [-0.15, -0.1) is 0 Å². The van der Waals surface area contributed by atoms with Crippen molar-refractivity contribution in [2.75, 3.05) is 10.6 Å². The van der Waals surface area contributed by atoms with E-state index in [0.29, 0.717) is 24.5 Å². The highest BCUT2D eigenvalue weighted by Gasteiger charge is 2.22. The lowest BCUT2D eigenvalue weighted by Crippen LogP contribution is -2.21. The van der Waals surface area contributed by atoms with E-state index >= 15 is 0 Å². The molecule has 0 fully saturated rings. The number of carbonyl (C=O) groups is 2. The van der Waals surface area contributed by atoms with Crippen LogP contribution in [-0.4, -0.2) is 41.2 Å². The van der Waals surface area contributed by atoms with Gasteiger partial charge in [0.05, 0.1) is 36.0 Å². The Morgan fingerprint density at radius 2 is 1.84 bits per heavy atom. The van der Waals surface area contributed by atoms with E-state index in [9.17, 15) is 9.59 Å². The van der Waals surface area contributed by atoms with Gasteiger partial charge in [-0.3, -0.25) is 23.6 Å². The van der Waals surface area contributed by atoms with Gasteiger partial charge in [-0.05, 0) is 32.0 Å². The molecule has 0 aliphatic rings. The quantitative estimate of drug-likeness (QED) is 0.471. The number of hydrogen-bond acceptors (Lipinski definition) is 6. The molecule has 2 N–H and O–H groups in total. The molecule has 2 amide bonds. The normalized spacial score (nSPS) is 10.9. The predicted molar refractivity (Wildman–Crippen MR) is 112 cm³/mol. The summed E-state index contributed by atoms with van der Waals surface area (Å²) in [5.74, 6) is -0.164. The molecule has 31 heavy (non-hydrogen) atoms. The summed E-state index contributed by atoms with van der Waals surface area (Å²) in [6, 6.07) is 5.10. The van der Waals surface area contributed by atoms with Crippen molar-refractivity contribution < 1.29 is 14.0 Å². The molecule has 4 rings (SSSR count). The summed E-state index contributed by atoms with van der Waals surface area (Å²) in [4.78, 5) is 25.7. The molecule has 0 spiro atoms. The molecule has 11 nitrogen and oxygen atoms in total. The van der Waals surface area contributed by atoms with Crippen molar-refractivity contribution in [2.24, 2.45) is 7.05 Å². The van der Waals surface area contributed by atoms with Crippen LogP contribution in [-0.2, 0) is 20.1 Å². The Morgan fingerprint density at radius 1 is 1.06 bits per heavy atom. The molecular formula is C20H22N8O3. The van der Waals surface area contributed by atoms with Gasteiger partial charge in [0.2, 0.25) is 0 Å². The van der Waals surface area contributed by atoms with Crippen LogP contribution in [0.2, 0.25) is 0 Å². The van der Waals surface area contributed by atoms with Crippen LogP contribution in [0.5, 0.6) is 0 Å². The van der Waals surface area contributed by atoms with Crippen LogP contribution in [0.15, 0.2) is 47.4 Å². The average molecular weight is 422 g/mol. The largest absolute Gasteiger partial charge is 0.454 e. The average Bonchev–Trinajstić information content (AvgIpc) is 3.54. The Balaban J connectivity index is 1.51. The van der Waals surface area contributed by atoms with E-state index in [1.54, 1.807) is 47.1 Å². The monoisotopic (exact) mass is 422 g/mol. The van der Waals surface area contributed by atoms with Crippen molar-refractivity contribution in [2.45, 2.75) is 26.9 Å². The lowest BCUT2D eigenvalue weighted by Gasteiger charge is -2.09. The Labute approximate surface area is 177 Å². The number of anilines is 2. The molecule has 0 radical (unpaired) electrons. The first-order valence-electron chi connectivity index (χ1n) is 9.69. The van der Waals surface area contributed by atoms with Crippen molar-refractivity contribution in [1.82, 2.24) is 29.3 Å². The number of rotatable bonds is 7. The predicted octanol–water partition coefficient (Wildman–Crippen LogP) is 2.29. The third-order valence-corrected chi connectivity index (χ3v) is 4.85. The van der Waals surface area contributed by atoms with E-state index in [2.05, 4.69) is 25.9 Å². The second-order valence-electron chi connectivity index (χ2n) is 6.87. The van der Waals surface area contributed by atoms with Crippen molar-refractivity contribution in [3.05, 3.63) is 65.9 Å². The van der Waals surface area contributed by atoms with Gasteiger partial charge >= 0.3 is 0 Å². The van der Waals surface area contributed by atoms with Gasteiger partial charge in [-0.2, -0.15) is 15.3 Å². The summed E-state index contributed by atoms with van der Waals surface area (Å²) in [6.45, 7) is 4.57. The fourth-order valence-electron chi connectivity index (χ4n) is 3.08. The molecule has 0 saturated carbocycles. The van der Waals surface area contributed by atoms with Gasteiger partial charge in [0.15, 0.2) is 5.76 Å². The molecule has 0 saturated heterocycles. The molecule has 4 heterocycles. The highest BCUT2D eigenvalue weighted by atomic mass is 16.4. The van der Waals surface area contributed by atoms with Gasteiger partial charge in [0, 0.05) is 26.0 Å². The van der Waals surface area contributed by atoms with Crippen LogP contribution in [0, 0.1) is 6.92 Å². The molecular weight excluding hydrogens is 400 g/mol. The summed E-state index contributed by atoms with van der Waals surface area (Å²) in [5, 5.41) is 18.0. The minimum atomic E-state index is -0.478. The van der Waals surface area contributed by atoms with E-state index < -0.39 is 11.8 Å². The Bertz CT molecular complexity index is 1220. The molecule has 4 aromatic heterocycles. The first-order valence-corrected chi connectivity index (χ1v) is 9.69. The Morgan fingerprint density at radius 3 is 2.52 bits per heavy atom. The van der Waals surface area contributed by atoms with Gasteiger partial charge in [-0.25, -0.2) is 0 Å². The fourth-order valence-corrected chi connectivity index (χ4v) is 3.08. The third kappa shape index (κ3) is 4.10. The summed E-state index contributed by atoms with van der Waals surface area (Å²) in [7, 11) is 1.79. The fraction of sp³-hybridized carbons (Fsp3) is 0.250. The molecule has 11 heteroatoms. The number of carbonyl (C=O) groups excluding carboxylic acids is 2. The zero-order valence-electron chi connectivity index (χ0n) is 17.4. The van der Waals surface area contributed by atoms with Gasteiger partial charge in [0.1, 0.15) is 11.5 Å². The third-order valence-electron chi connectivity index (χ3n) is 4.85. The molecule has 0 bridgehead atoms. The number of nitrogens with one attached hydrogen (secondary N) is 2. The molecule has 0 aromatic carbocycles. The summed E-state index contributed by atoms with van der Waals surface area (Å²) < 4.78 is 10.5. The second-order valence-corrected chi connectivity index (χ2v) is 6.87. The maximum absolute atomic E-state index is 12.9. The maximum Gasteiger partial charge on any atom is 0.291 e. The Hall–Kier alpha value is -4.15. The van der Waals surface area contributed by atoms with Crippen molar-refractivity contribution in [3.8, 4) is 0 Å². The maximum atomic E-state index is 12.9. The topological polar surface area (TPSA) is 125 Å². The van der Waals surface area contributed by atoms with E-state index in [1.165, 1.54) is 10.9 Å². The highest BCUT2D eigenvalue weighted by molar-refractivity contribution is 6.11. The van der Waals surface area contributed by atoms with Gasteiger partial charge in [-0.1, -0.05) is 0 Å². The molecule has 0 aliphatic carbocycles. The standard InChI is InChI=1S/C20H22N8O3/c1-4-28-18(20(30)24-15-10-22-26(3)13(15)2)16(11-23-28)25-19(29)17-7-6-14(31-17)12-27-9-5-8-21-27/h5-11H,4,12H2,1-3H3,(H,24,30)(H,25,29). The summed E-state index contributed by atoms with van der Waals surface area (Å²) in [6.07, 6.45) is 6.49. The molecule has 0 aliphatic heterocycles. The van der Waals surface area contributed by atoms with Crippen LogP contribution in [0.25, 0.3) is 0 Å². The van der Waals surface area contributed by atoms with E-state index in [0.717, 1.165) is 5.69 Å². The lowest BCUT2D eigenvalue weighted by atomic mass is 10.3. The lowest BCUT2D eigenvalue weighted by molar-refractivity contribution is 0.0994. The number of aromatic nitrogens is 6. The number of hydrogen-bond donors (Lipinski definition) is 2. The van der Waals surface area contributed by atoms with Crippen LogP contribution < -0.4 is 10.6 Å². The SMILES string of the molecule is CCn1ncc(NC(=O)c2ccc(Cn3cccn3)o2)c1C(=O)Nc1cnn(C)c1C. The van der Waals surface area contributed by atoms with Crippen molar-refractivity contribution in [1.29, 1.82) is 0 Å². The van der Waals surface area contributed by atoms with Crippen LogP contribution in [0.1, 0.15) is 39.4 Å². The highest BCUT2D eigenvalue weighted by Crippen LogP contribution is 2.21. The first-order chi connectivity index (χ1) is 15.0. The summed E-state index contributed by atoms with van der Waals surface area (Å²) in [5.41, 5.74) is 1.92. The van der Waals surface area contributed by atoms with Crippen LogP contribution >= 0.6 is 0 Å². The van der Waals surface area contributed by atoms with Crippen molar-refractivity contribution >= 4 is 23.2 Å². The second kappa shape index (κ2) is 8.30. The minimum Gasteiger partial charge on any atom is -0.454 e. The zero-order chi connectivity index (χ0) is 22.0. The molecule has 160 valence electrons. The van der Waals surface area contributed by atoms with Gasteiger partial charge < -0.3 is 15.1 Å². The smallest absolute Gasteiger partial charge is 0.291 e. The van der Waals surface area contributed by atoms with E-state index in [-0.39, 0.29) is 17.1 Å². The van der Waals surface area contributed by atoms with Crippen LogP contribution in [0.4, 0.5) is 11.4 Å². The molecule has 4 aromatic rings. The number of amides is 2. The minimum absolute atomic E-state index is 0.126.